The average Bonchev–Trinajstić information content (AvgIpc) is 2.99. The molecule has 1 aromatic carbocycles. The first kappa shape index (κ1) is 34.8. The van der Waals surface area contributed by atoms with E-state index < -0.39 is 0 Å². The van der Waals surface area contributed by atoms with E-state index in [1.807, 2.05) is 104 Å². The van der Waals surface area contributed by atoms with Gasteiger partial charge in [0.25, 0.3) is 0 Å². The molecule has 0 amide bonds. The van der Waals surface area contributed by atoms with Gasteiger partial charge < -0.3 is 18.9 Å². The van der Waals surface area contributed by atoms with E-state index in [9.17, 15) is 21.0 Å². The van der Waals surface area contributed by atoms with Crippen LogP contribution in [0.3, 0.4) is 0 Å². The Morgan fingerprint density at radius 3 is 1.39 bits per heavy atom. The van der Waals surface area contributed by atoms with E-state index in [1.54, 1.807) is 43.6 Å². The van der Waals surface area contributed by atoms with Crippen molar-refractivity contribution in [2.45, 2.75) is 61.5 Å². The summed E-state index contributed by atoms with van der Waals surface area (Å²) in [5.41, 5.74) is 1.67. The maximum atomic E-state index is 9.48. The number of hydrogen-bond acceptors (Lipinski definition) is 8. The number of nitriles is 4. The zero-order valence-corrected chi connectivity index (χ0v) is 27.8. The summed E-state index contributed by atoms with van der Waals surface area (Å²) in [7, 11) is 1.57. The smallest absolute Gasteiger partial charge is 0.137 e. The summed E-state index contributed by atoms with van der Waals surface area (Å²) in [6.07, 6.45) is 13.8. The molecule has 0 N–H and O–H groups in total. The second kappa shape index (κ2) is 14.4. The molecule has 0 saturated heterocycles. The van der Waals surface area contributed by atoms with E-state index in [4.69, 9.17) is 18.9 Å². The van der Waals surface area contributed by atoms with Crippen molar-refractivity contribution in [1.82, 2.24) is 0 Å². The highest BCUT2D eigenvalue weighted by molar-refractivity contribution is 5.70. The minimum absolute atomic E-state index is 0.00107. The molecular weight excluding hydrogens is 576 g/mol. The molecule has 8 nitrogen and oxygen atoms in total. The van der Waals surface area contributed by atoms with Crippen molar-refractivity contribution >= 4 is 12.2 Å². The maximum absolute atomic E-state index is 9.48. The van der Waals surface area contributed by atoms with Crippen LogP contribution in [0, 0.1) is 56.2 Å². The topological polar surface area (TPSA) is 132 Å². The number of hydrogen-bond donors (Lipinski definition) is 0. The van der Waals surface area contributed by atoms with E-state index >= 15 is 0 Å². The van der Waals surface area contributed by atoms with Gasteiger partial charge in [-0.15, -0.1) is 0 Å². The van der Waals surface area contributed by atoms with E-state index in [2.05, 4.69) is 0 Å². The van der Waals surface area contributed by atoms with Crippen LogP contribution in [0.1, 0.15) is 66.5 Å². The third-order valence-corrected chi connectivity index (χ3v) is 6.71. The Morgan fingerprint density at radius 1 is 0.652 bits per heavy atom. The zero-order chi connectivity index (χ0) is 34.2. The molecule has 0 unspecified atom stereocenters. The van der Waals surface area contributed by atoms with Gasteiger partial charge in [-0.1, -0.05) is 41.5 Å². The molecule has 234 valence electrons. The summed E-state index contributed by atoms with van der Waals surface area (Å²) in [6, 6.07) is 11.5. The Kier molecular flexibility index (Phi) is 10.9. The van der Waals surface area contributed by atoms with Crippen molar-refractivity contribution in [3.05, 3.63) is 105 Å². The summed E-state index contributed by atoms with van der Waals surface area (Å²) >= 11 is 0. The van der Waals surface area contributed by atoms with Crippen LogP contribution in [-0.4, -0.2) is 13.2 Å². The van der Waals surface area contributed by atoms with Gasteiger partial charge in [-0.25, -0.2) is 0 Å². The lowest BCUT2D eigenvalue weighted by Crippen LogP contribution is -2.15. The molecule has 0 spiro atoms. The highest BCUT2D eigenvalue weighted by Gasteiger charge is 2.25. The normalized spacial score (nSPS) is 14.9. The van der Waals surface area contributed by atoms with E-state index in [1.165, 1.54) is 0 Å². The first-order valence-corrected chi connectivity index (χ1v) is 14.7. The number of benzene rings is 1. The molecule has 0 bridgehead atoms. The molecule has 46 heavy (non-hydrogen) atoms. The summed E-state index contributed by atoms with van der Waals surface area (Å²) < 4.78 is 24.2. The number of methoxy groups -OCH3 is 1. The van der Waals surface area contributed by atoms with Crippen molar-refractivity contribution < 1.29 is 18.9 Å². The van der Waals surface area contributed by atoms with Gasteiger partial charge in [0.2, 0.25) is 0 Å². The minimum Gasteiger partial charge on any atom is -0.496 e. The summed E-state index contributed by atoms with van der Waals surface area (Å²) in [4.78, 5) is 0. The molecule has 2 heterocycles. The first-order chi connectivity index (χ1) is 21.6. The molecule has 0 aromatic heterocycles. The molecule has 3 rings (SSSR count). The molecule has 0 saturated carbocycles. The lowest BCUT2D eigenvalue weighted by Gasteiger charge is -2.26. The van der Waals surface area contributed by atoms with Crippen LogP contribution >= 0.6 is 0 Å². The highest BCUT2D eigenvalue weighted by Crippen LogP contribution is 2.37. The Morgan fingerprint density at radius 2 is 1.04 bits per heavy atom. The molecule has 0 radical (unpaired) electrons. The van der Waals surface area contributed by atoms with Gasteiger partial charge in [0.15, 0.2) is 0 Å². The van der Waals surface area contributed by atoms with Gasteiger partial charge in [0.1, 0.15) is 70.0 Å². The SMILES string of the molecule is COc1cc(/C=C/C2=CC(=C(C#N)C#N)C=C(C(C)(C)C)O2)c(OC(C)C)cc1/C=C/C1=CC(=C(C#N)C#N)C=C(C(C)(C)C)O1. The van der Waals surface area contributed by atoms with Crippen molar-refractivity contribution in [1.29, 1.82) is 21.0 Å². The summed E-state index contributed by atoms with van der Waals surface area (Å²) in [6.45, 7) is 15.8. The van der Waals surface area contributed by atoms with Crippen LogP contribution in [0.15, 0.2) is 93.9 Å². The molecule has 0 aliphatic carbocycles. The molecule has 0 fully saturated rings. The van der Waals surface area contributed by atoms with Gasteiger partial charge in [0, 0.05) is 33.1 Å². The fraction of sp³-hybridized carbons (Fsp3) is 0.316. The number of allylic oxidation sites excluding steroid dienone is 12. The Labute approximate surface area is 272 Å². The first-order valence-electron chi connectivity index (χ1n) is 14.7. The summed E-state index contributed by atoms with van der Waals surface area (Å²) in [5, 5.41) is 37.9. The maximum Gasteiger partial charge on any atom is 0.137 e. The van der Waals surface area contributed by atoms with Crippen LogP contribution in [0.4, 0.5) is 0 Å². The third-order valence-electron chi connectivity index (χ3n) is 6.71. The standard InChI is InChI=1S/C38H38N4O4/c1-24(2)44-34-17-25(10-12-31-14-27(29(20-39)21-40)18-35(45-31)37(3,4)5)33(43-9)16-26(34)11-13-32-15-28(30(22-41)23-42)19-36(46-32)38(6,7)8/h10-19,24H,1-9H3/b12-10+,13-11+. The summed E-state index contributed by atoms with van der Waals surface area (Å²) in [5.74, 6) is 3.33. The molecule has 2 aliphatic heterocycles. The molecule has 0 atom stereocenters. The average molecular weight is 615 g/mol. The van der Waals surface area contributed by atoms with E-state index in [-0.39, 0.29) is 28.1 Å². The lowest BCUT2D eigenvalue weighted by atomic mass is 9.90. The quantitative estimate of drug-likeness (QED) is 0.278. The predicted octanol–water partition coefficient (Wildman–Crippen LogP) is 8.88. The molecular formula is C38H38N4O4. The van der Waals surface area contributed by atoms with Crippen LogP contribution in [0.2, 0.25) is 0 Å². The third kappa shape index (κ3) is 8.69. The number of ether oxygens (including phenoxy) is 4. The van der Waals surface area contributed by atoms with Crippen LogP contribution in [0.5, 0.6) is 11.5 Å². The monoisotopic (exact) mass is 614 g/mol. The zero-order valence-electron chi connectivity index (χ0n) is 27.8. The minimum atomic E-state index is -0.361. The van der Waals surface area contributed by atoms with Crippen LogP contribution in [0.25, 0.3) is 12.2 Å². The van der Waals surface area contributed by atoms with Gasteiger partial charge in [-0.3, -0.25) is 0 Å². The number of nitrogens with zero attached hydrogens (tertiary/aromatic N) is 4. The van der Waals surface area contributed by atoms with Crippen molar-refractivity contribution in [2.75, 3.05) is 7.11 Å². The Balaban J connectivity index is 2.08. The number of rotatable bonds is 7. The Bertz CT molecular complexity index is 1790. The van der Waals surface area contributed by atoms with Gasteiger partial charge in [-0.2, -0.15) is 21.0 Å². The second-order valence-electron chi connectivity index (χ2n) is 12.9. The Hall–Kier alpha value is -5.70. The van der Waals surface area contributed by atoms with Crippen molar-refractivity contribution in [3.8, 4) is 35.8 Å². The van der Waals surface area contributed by atoms with E-state index in [0.717, 1.165) is 5.56 Å². The fourth-order valence-electron chi connectivity index (χ4n) is 4.27. The molecule has 1 aromatic rings. The predicted molar refractivity (Wildman–Crippen MR) is 177 cm³/mol. The second-order valence-corrected chi connectivity index (χ2v) is 12.9. The van der Waals surface area contributed by atoms with Crippen molar-refractivity contribution in [2.24, 2.45) is 10.8 Å². The molecule has 8 heteroatoms. The van der Waals surface area contributed by atoms with Gasteiger partial charge in [-0.05, 0) is 74.6 Å². The molecule has 2 aliphatic rings. The highest BCUT2D eigenvalue weighted by atomic mass is 16.5. The van der Waals surface area contributed by atoms with Crippen molar-refractivity contribution in [3.63, 3.8) is 0 Å². The van der Waals surface area contributed by atoms with E-state index in [0.29, 0.717) is 51.2 Å². The van der Waals surface area contributed by atoms with Crippen LogP contribution < -0.4 is 9.47 Å². The largest absolute Gasteiger partial charge is 0.496 e. The fourth-order valence-corrected chi connectivity index (χ4v) is 4.27. The van der Waals surface area contributed by atoms with Gasteiger partial charge in [0.05, 0.1) is 13.2 Å². The lowest BCUT2D eigenvalue weighted by molar-refractivity contribution is 0.223. The van der Waals surface area contributed by atoms with Crippen LogP contribution in [-0.2, 0) is 9.47 Å². The van der Waals surface area contributed by atoms with Gasteiger partial charge >= 0.3 is 0 Å².